The van der Waals surface area contributed by atoms with E-state index in [1.807, 2.05) is 6.07 Å². The average molecular weight is 396 g/mol. The van der Waals surface area contributed by atoms with E-state index < -0.39 is 0 Å². The number of hydrogen-bond acceptors (Lipinski definition) is 4. The first-order valence-electron chi connectivity index (χ1n) is 10.8. The van der Waals surface area contributed by atoms with Crippen LogP contribution in [0.2, 0.25) is 0 Å². The Balaban J connectivity index is 1.50. The van der Waals surface area contributed by atoms with Gasteiger partial charge in [-0.05, 0) is 76.2 Å². The molecule has 1 aliphatic heterocycles. The van der Waals surface area contributed by atoms with Crippen molar-refractivity contribution in [1.29, 1.82) is 5.26 Å². The topological polar surface area (TPSA) is 71.3 Å². The first kappa shape index (κ1) is 21.9. The molecule has 1 heterocycles. The number of nitrogens with one attached hydrogen (secondary N) is 1. The zero-order valence-electron chi connectivity index (χ0n) is 18.2. The van der Waals surface area contributed by atoms with Gasteiger partial charge < -0.3 is 14.6 Å². The summed E-state index contributed by atoms with van der Waals surface area (Å²) < 4.78 is 12.3. The van der Waals surface area contributed by atoms with Crippen molar-refractivity contribution < 1.29 is 14.1 Å². The molecule has 0 unspecified atom stereocenters. The highest BCUT2D eigenvalue weighted by Crippen LogP contribution is 2.38. The van der Waals surface area contributed by atoms with Crippen molar-refractivity contribution >= 4 is 18.5 Å². The van der Waals surface area contributed by atoms with E-state index in [-0.39, 0.29) is 24.2 Å². The van der Waals surface area contributed by atoms with Crippen LogP contribution in [0.5, 0.6) is 0 Å². The van der Waals surface area contributed by atoms with Gasteiger partial charge in [-0.3, -0.25) is 4.79 Å². The van der Waals surface area contributed by atoms with E-state index in [1.54, 1.807) is 0 Å². The minimum absolute atomic E-state index is 0.0791. The van der Waals surface area contributed by atoms with Crippen molar-refractivity contribution in [2.45, 2.75) is 83.3 Å². The molecule has 1 amide bonds. The fraction of sp³-hybridized carbons (Fsp3) is 0.652. The first-order chi connectivity index (χ1) is 13.7. The van der Waals surface area contributed by atoms with Gasteiger partial charge in [-0.2, -0.15) is 5.26 Å². The third kappa shape index (κ3) is 5.21. The maximum atomic E-state index is 11.9. The molecule has 1 N–H and O–H groups in total. The lowest BCUT2D eigenvalue weighted by Crippen LogP contribution is -2.41. The summed E-state index contributed by atoms with van der Waals surface area (Å²) in [7, 11) is -0.315. The maximum Gasteiger partial charge on any atom is 0.494 e. The molecule has 1 aromatic carbocycles. The number of nitrogens with zero attached hydrogens (tertiary/aromatic N) is 1. The second kappa shape index (κ2) is 8.89. The molecule has 1 saturated carbocycles. The molecule has 0 aromatic heterocycles. The van der Waals surface area contributed by atoms with Crippen LogP contribution in [0.15, 0.2) is 24.3 Å². The van der Waals surface area contributed by atoms with Gasteiger partial charge in [0.05, 0.1) is 23.7 Å². The SMILES string of the molecule is CC1(C)OB(c2ccc([C@H]3CC[C@H](CC(=O)NCCC#N)CC3)cc2)OC1(C)C. The van der Waals surface area contributed by atoms with Gasteiger partial charge in [0.2, 0.25) is 5.91 Å². The fourth-order valence-electron chi connectivity index (χ4n) is 4.20. The van der Waals surface area contributed by atoms with Gasteiger partial charge in [0.1, 0.15) is 0 Å². The fourth-order valence-corrected chi connectivity index (χ4v) is 4.20. The van der Waals surface area contributed by atoms with Gasteiger partial charge in [0, 0.05) is 13.0 Å². The van der Waals surface area contributed by atoms with E-state index in [1.165, 1.54) is 5.56 Å². The number of benzene rings is 1. The van der Waals surface area contributed by atoms with Crippen LogP contribution in [-0.4, -0.2) is 30.8 Å². The van der Waals surface area contributed by atoms with Crippen LogP contribution < -0.4 is 10.8 Å². The molecule has 1 saturated heterocycles. The summed E-state index contributed by atoms with van der Waals surface area (Å²) in [5.41, 5.74) is 1.78. The molecule has 1 aliphatic carbocycles. The number of rotatable bonds is 6. The van der Waals surface area contributed by atoms with Gasteiger partial charge >= 0.3 is 7.12 Å². The molecule has 156 valence electrons. The summed E-state index contributed by atoms with van der Waals surface area (Å²) in [5.74, 6) is 1.09. The predicted molar refractivity (Wildman–Crippen MR) is 115 cm³/mol. The Labute approximate surface area is 175 Å². The Morgan fingerprint density at radius 1 is 1.10 bits per heavy atom. The largest absolute Gasteiger partial charge is 0.494 e. The highest BCUT2D eigenvalue weighted by Gasteiger charge is 2.51. The summed E-state index contributed by atoms with van der Waals surface area (Å²) >= 11 is 0. The molecule has 2 aliphatic rings. The molecule has 0 spiro atoms. The summed E-state index contributed by atoms with van der Waals surface area (Å²) in [6.07, 6.45) is 5.35. The lowest BCUT2D eigenvalue weighted by Gasteiger charge is -2.32. The maximum absolute atomic E-state index is 11.9. The van der Waals surface area contributed by atoms with Crippen molar-refractivity contribution in [3.63, 3.8) is 0 Å². The van der Waals surface area contributed by atoms with E-state index in [4.69, 9.17) is 14.6 Å². The molecule has 5 nitrogen and oxygen atoms in total. The lowest BCUT2D eigenvalue weighted by atomic mass is 9.75. The Morgan fingerprint density at radius 3 is 2.24 bits per heavy atom. The Bertz CT molecular complexity index is 730. The molecular weight excluding hydrogens is 363 g/mol. The summed E-state index contributed by atoms with van der Waals surface area (Å²) in [6.45, 7) is 8.75. The number of carbonyl (C=O) groups excluding carboxylic acids is 1. The normalized spacial score (nSPS) is 25.4. The summed E-state index contributed by atoms with van der Waals surface area (Å²) in [5, 5.41) is 11.4. The van der Waals surface area contributed by atoms with Crippen molar-refractivity contribution in [3.05, 3.63) is 29.8 Å². The number of carbonyl (C=O) groups is 1. The number of hydrogen-bond donors (Lipinski definition) is 1. The van der Waals surface area contributed by atoms with Crippen molar-refractivity contribution in [2.24, 2.45) is 5.92 Å². The van der Waals surface area contributed by atoms with E-state index in [9.17, 15) is 4.79 Å². The van der Waals surface area contributed by atoms with Crippen LogP contribution in [0.3, 0.4) is 0 Å². The molecule has 1 aromatic rings. The standard InChI is InChI=1S/C23H33BN2O3/c1-22(2)23(3,4)29-24(28-22)20-12-10-19(11-13-20)18-8-6-17(7-9-18)16-21(27)26-15-5-14-25/h10-13,17-18H,5-9,15-16H2,1-4H3,(H,26,27)/t17-,18-. The Kier molecular flexibility index (Phi) is 6.70. The van der Waals surface area contributed by atoms with Crippen molar-refractivity contribution in [1.82, 2.24) is 5.32 Å². The van der Waals surface area contributed by atoms with Crippen LogP contribution in [0.25, 0.3) is 0 Å². The molecule has 6 heteroatoms. The lowest BCUT2D eigenvalue weighted by molar-refractivity contribution is -0.122. The average Bonchev–Trinajstić information content (AvgIpc) is 2.90. The second-order valence-electron chi connectivity index (χ2n) is 9.43. The first-order valence-corrected chi connectivity index (χ1v) is 10.8. The molecule has 0 bridgehead atoms. The van der Waals surface area contributed by atoms with Crippen molar-refractivity contribution in [3.8, 4) is 6.07 Å². The molecule has 3 rings (SSSR count). The molecule has 29 heavy (non-hydrogen) atoms. The van der Waals surface area contributed by atoms with E-state index in [0.29, 0.717) is 31.2 Å². The Morgan fingerprint density at radius 2 is 1.69 bits per heavy atom. The number of amides is 1. The van der Waals surface area contributed by atoms with Crippen LogP contribution >= 0.6 is 0 Å². The predicted octanol–water partition coefficient (Wildman–Crippen LogP) is 3.68. The summed E-state index contributed by atoms with van der Waals surface area (Å²) in [6, 6.07) is 10.7. The number of nitriles is 1. The molecule has 0 radical (unpaired) electrons. The molecule has 0 atom stereocenters. The highest BCUT2D eigenvalue weighted by atomic mass is 16.7. The van der Waals surface area contributed by atoms with Crippen LogP contribution in [-0.2, 0) is 14.1 Å². The second-order valence-corrected chi connectivity index (χ2v) is 9.43. The van der Waals surface area contributed by atoms with Crippen LogP contribution in [0.4, 0.5) is 0 Å². The van der Waals surface area contributed by atoms with Gasteiger partial charge in [-0.15, -0.1) is 0 Å². The van der Waals surface area contributed by atoms with Gasteiger partial charge in [0.15, 0.2) is 0 Å². The van der Waals surface area contributed by atoms with Gasteiger partial charge in [-0.1, -0.05) is 24.3 Å². The van der Waals surface area contributed by atoms with Crippen LogP contribution in [0.1, 0.15) is 77.7 Å². The van der Waals surface area contributed by atoms with E-state index in [2.05, 4.69) is 57.3 Å². The zero-order valence-corrected chi connectivity index (χ0v) is 18.2. The minimum atomic E-state index is -0.324. The molecule has 2 fully saturated rings. The van der Waals surface area contributed by atoms with Crippen LogP contribution in [0, 0.1) is 17.2 Å². The smallest absolute Gasteiger partial charge is 0.399 e. The minimum Gasteiger partial charge on any atom is -0.399 e. The monoisotopic (exact) mass is 396 g/mol. The van der Waals surface area contributed by atoms with Crippen molar-refractivity contribution in [2.75, 3.05) is 6.54 Å². The third-order valence-electron chi connectivity index (χ3n) is 6.81. The van der Waals surface area contributed by atoms with Gasteiger partial charge in [0.25, 0.3) is 0 Å². The Hall–Kier alpha value is -1.84. The quantitative estimate of drug-likeness (QED) is 0.588. The zero-order chi connectivity index (χ0) is 21.1. The third-order valence-corrected chi connectivity index (χ3v) is 6.81. The van der Waals surface area contributed by atoms with E-state index >= 15 is 0 Å². The highest BCUT2D eigenvalue weighted by molar-refractivity contribution is 6.62. The summed E-state index contributed by atoms with van der Waals surface area (Å²) in [4.78, 5) is 11.9. The van der Waals surface area contributed by atoms with E-state index in [0.717, 1.165) is 31.1 Å². The molecular formula is C23H33BN2O3. The van der Waals surface area contributed by atoms with Gasteiger partial charge in [-0.25, -0.2) is 0 Å².